The van der Waals surface area contributed by atoms with Crippen LogP contribution in [0.5, 0.6) is 0 Å². The van der Waals surface area contributed by atoms with Crippen LogP contribution in [0.4, 0.5) is 4.39 Å². The molecule has 22 heavy (non-hydrogen) atoms. The van der Waals surface area contributed by atoms with Gasteiger partial charge in [0.25, 0.3) is 0 Å². The van der Waals surface area contributed by atoms with Gasteiger partial charge in [0.2, 0.25) is 5.89 Å². The van der Waals surface area contributed by atoms with E-state index in [2.05, 4.69) is 15.0 Å². The van der Waals surface area contributed by atoms with Crippen molar-refractivity contribution < 1.29 is 13.7 Å². The highest BCUT2D eigenvalue weighted by atomic mass is 19.1. The molecule has 5 nitrogen and oxygen atoms in total. The van der Waals surface area contributed by atoms with Crippen LogP contribution in [0, 0.1) is 12.7 Å². The molecule has 0 amide bonds. The summed E-state index contributed by atoms with van der Waals surface area (Å²) in [5.74, 6) is 0.980. The maximum Gasteiger partial charge on any atom is 0.240 e. The topological polar surface area (TPSA) is 51.4 Å². The summed E-state index contributed by atoms with van der Waals surface area (Å²) >= 11 is 0. The molecule has 6 heteroatoms. The van der Waals surface area contributed by atoms with E-state index in [-0.39, 0.29) is 11.9 Å². The summed E-state index contributed by atoms with van der Waals surface area (Å²) < 4.78 is 24.3. The second kappa shape index (κ2) is 6.98. The zero-order chi connectivity index (χ0) is 15.4. The highest BCUT2D eigenvalue weighted by molar-refractivity contribution is 5.16. The summed E-state index contributed by atoms with van der Waals surface area (Å²) in [6.45, 7) is 4.55. The van der Waals surface area contributed by atoms with Crippen LogP contribution in [0.1, 0.15) is 30.1 Å². The minimum absolute atomic E-state index is 0.219. The molecule has 0 saturated carbocycles. The fourth-order valence-corrected chi connectivity index (χ4v) is 2.75. The minimum Gasteiger partial charge on any atom is -0.377 e. The lowest BCUT2D eigenvalue weighted by Crippen LogP contribution is -2.31. The van der Waals surface area contributed by atoms with E-state index in [1.807, 2.05) is 6.07 Å². The van der Waals surface area contributed by atoms with Crippen molar-refractivity contribution in [1.29, 1.82) is 0 Å². The third kappa shape index (κ3) is 4.11. The molecule has 2 heterocycles. The summed E-state index contributed by atoms with van der Waals surface area (Å²) in [6, 6.07) is 6.66. The third-order valence-corrected chi connectivity index (χ3v) is 3.71. The number of aryl methyl sites for hydroxylation is 1. The molecular weight excluding hydrogens is 285 g/mol. The highest BCUT2D eigenvalue weighted by Gasteiger charge is 2.21. The highest BCUT2D eigenvalue weighted by Crippen LogP contribution is 2.17. The average molecular weight is 305 g/mol. The number of rotatable bonds is 6. The quantitative estimate of drug-likeness (QED) is 0.821. The van der Waals surface area contributed by atoms with Crippen molar-refractivity contribution in [3.05, 3.63) is 47.4 Å². The van der Waals surface area contributed by atoms with Crippen LogP contribution in [0.2, 0.25) is 0 Å². The molecule has 1 saturated heterocycles. The molecule has 0 bridgehead atoms. The molecule has 1 aliphatic heterocycles. The number of hydrogen-bond acceptors (Lipinski definition) is 5. The molecule has 2 aromatic rings. The second-order valence-electron chi connectivity index (χ2n) is 5.67. The third-order valence-electron chi connectivity index (χ3n) is 3.71. The van der Waals surface area contributed by atoms with Gasteiger partial charge in [-0.3, -0.25) is 4.90 Å². The number of halogens is 1. The van der Waals surface area contributed by atoms with E-state index < -0.39 is 0 Å². The van der Waals surface area contributed by atoms with Crippen molar-refractivity contribution in [3.63, 3.8) is 0 Å². The van der Waals surface area contributed by atoms with Crippen LogP contribution in [-0.2, 0) is 17.8 Å². The first-order valence-corrected chi connectivity index (χ1v) is 7.56. The van der Waals surface area contributed by atoms with Crippen molar-refractivity contribution in [2.45, 2.75) is 39.0 Å². The molecule has 0 N–H and O–H groups in total. The van der Waals surface area contributed by atoms with Crippen molar-refractivity contribution in [2.75, 3.05) is 13.2 Å². The normalized spacial score (nSPS) is 18.2. The van der Waals surface area contributed by atoms with Gasteiger partial charge in [-0.15, -0.1) is 0 Å². The van der Waals surface area contributed by atoms with Crippen molar-refractivity contribution in [1.82, 2.24) is 15.0 Å². The van der Waals surface area contributed by atoms with Gasteiger partial charge in [0.15, 0.2) is 5.82 Å². The molecule has 0 spiro atoms. The Morgan fingerprint density at radius 2 is 2.27 bits per heavy atom. The van der Waals surface area contributed by atoms with Crippen LogP contribution in [0.15, 0.2) is 28.8 Å². The molecule has 3 rings (SSSR count). The summed E-state index contributed by atoms with van der Waals surface area (Å²) in [4.78, 5) is 6.41. The Bertz CT molecular complexity index is 611. The maximum atomic E-state index is 13.4. The predicted molar refractivity (Wildman–Crippen MR) is 78.5 cm³/mol. The van der Waals surface area contributed by atoms with E-state index >= 15 is 0 Å². The Balaban J connectivity index is 1.69. The summed E-state index contributed by atoms with van der Waals surface area (Å²) in [7, 11) is 0. The molecule has 1 unspecified atom stereocenters. The van der Waals surface area contributed by atoms with E-state index in [0.29, 0.717) is 24.8 Å². The van der Waals surface area contributed by atoms with Gasteiger partial charge in [-0.1, -0.05) is 17.3 Å². The van der Waals surface area contributed by atoms with Gasteiger partial charge in [-0.25, -0.2) is 4.39 Å². The molecular formula is C16H20FN3O2. The fourth-order valence-electron chi connectivity index (χ4n) is 2.75. The van der Waals surface area contributed by atoms with E-state index in [0.717, 1.165) is 31.6 Å². The lowest BCUT2D eigenvalue weighted by atomic mass is 10.1. The van der Waals surface area contributed by atoms with Gasteiger partial charge < -0.3 is 9.26 Å². The Kier molecular flexibility index (Phi) is 4.80. The minimum atomic E-state index is -0.219. The molecule has 1 aromatic carbocycles. The van der Waals surface area contributed by atoms with Gasteiger partial charge in [0.05, 0.1) is 12.6 Å². The number of benzene rings is 1. The molecule has 0 radical (unpaired) electrons. The molecule has 118 valence electrons. The van der Waals surface area contributed by atoms with E-state index in [1.54, 1.807) is 19.1 Å². The summed E-state index contributed by atoms with van der Waals surface area (Å²) in [5, 5.41) is 3.82. The van der Waals surface area contributed by atoms with E-state index in [9.17, 15) is 4.39 Å². The fraction of sp³-hybridized carbons (Fsp3) is 0.500. The average Bonchev–Trinajstić information content (AvgIpc) is 3.11. The van der Waals surface area contributed by atoms with Crippen molar-refractivity contribution in [2.24, 2.45) is 0 Å². The Morgan fingerprint density at radius 1 is 1.36 bits per heavy atom. The van der Waals surface area contributed by atoms with Crippen molar-refractivity contribution in [3.8, 4) is 0 Å². The lowest BCUT2D eigenvalue weighted by Gasteiger charge is -2.23. The first kappa shape index (κ1) is 15.1. The number of hydrogen-bond donors (Lipinski definition) is 0. The van der Waals surface area contributed by atoms with Crippen LogP contribution >= 0.6 is 0 Å². The molecule has 1 fully saturated rings. The zero-order valence-electron chi connectivity index (χ0n) is 12.7. The Labute approximate surface area is 129 Å². The standard InChI is InChI=1S/C16H20FN3O2/c1-12-18-16(22-19-12)11-20(10-15-6-3-7-21-15)9-13-4-2-5-14(17)8-13/h2,4-5,8,15H,3,6-7,9-11H2,1H3. The summed E-state index contributed by atoms with van der Waals surface area (Å²) in [6.07, 6.45) is 2.37. The van der Waals surface area contributed by atoms with Crippen LogP contribution < -0.4 is 0 Å². The van der Waals surface area contributed by atoms with Crippen LogP contribution in [0.25, 0.3) is 0 Å². The molecule has 0 aliphatic carbocycles. The maximum absolute atomic E-state index is 13.4. The van der Waals surface area contributed by atoms with Gasteiger partial charge in [-0.05, 0) is 37.5 Å². The number of nitrogens with zero attached hydrogens (tertiary/aromatic N) is 3. The summed E-state index contributed by atoms with van der Waals surface area (Å²) in [5.41, 5.74) is 0.925. The Hall–Kier alpha value is -1.79. The monoisotopic (exact) mass is 305 g/mol. The van der Waals surface area contributed by atoms with E-state index in [1.165, 1.54) is 6.07 Å². The van der Waals surface area contributed by atoms with Gasteiger partial charge >= 0.3 is 0 Å². The SMILES string of the molecule is Cc1noc(CN(Cc2cccc(F)c2)CC2CCCO2)n1. The van der Waals surface area contributed by atoms with Crippen LogP contribution in [-0.4, -0.2) is 34.3 Å². The smallest absolute Gasteiger partial charge is 0.240 e. The van der Waals surface area contributed by atoms with Crippen molar-refractivity contribution >= 4 is 0 Å². The second-order valence-corrected chi connectivity index (χ2v) is 5.67. The van der Waals surface area contributed by atoms with Crippen LogP contribution in [0.3, 0.4) is 0 Å². The first-order chi connectivity index (χ1) is 10.7. The molecule has 1 atom stereocenters. The number of aromatic nitrogens is 2. The lowest BCUT2D eigenvalue weighted by molar-refractivity contribution is 0.0640. The number of ether oxygens (including phenoxy) is 1. The molecule has 1 aromatic heterocycles. The molecule has 1 aliphatic rings. The zero-order valence-corrected chi connectivity index (χ0v) is 12.7. The van der Waals surface area contributed by atoms with Gasteiger partial charge in [0, 0.05) is 19.7 Å². The Morgan fingerprint density at radius 3 is 2.95 bits per heavy atom. The van der Waals surface area contributed by atoms with Gasteiger partial charge in [-0.2, -0.15) is 4.98 Å². The van der Waals surface area contributed by atoms with Gasteiger partial charge in [0.1, 0.15) is 5.82 Å². The largest absolute Gasteiger partial charge is 0.377 e. The predicted octanol–water partition coefficient (Wildman–Crippen LogP) is 2.70. The van der Waals surface area contributed by atoms with E-state index in [4.69, 9.17) is 9.26 Å². The first-order valence-electron chi connectivity index (χ1n) is 7.56.